The number of carbonyl (C=O) groups is 3. The molecule has 0 radical (unpaired) electrons. The van der Waals surface area contributed by atoms with Gasteiger partial charge in [-0.15, -0.1) is 0 Å². The number of nitrogens with one attached hydrogen (secondary N) is 1. The van der Waals surface area contributed by atoms with Gasteiger partial charge in [0, 0.05) is 68.4 Å². The van der Waals surface area contributed by atoms with Gasteiger partial charge in [0.25, 0.3) is 0 Å². The lowest BCUT2D eigenvalue weighted by Gasteiger charge is -2.38. The number of aliphatic imine (C=N–C) groups is 1. The minimum atomic E-state index is -0.993. The molecule has 4 saturated heterocycles. The molecule has 432 valence electrons. The van der Waals surface area contributed by atoms with Crippen LogP contribution in [0.4, 0.5) is 0 Å². The molecule has 0 aromatic heterocycles. The van der Waals surface area contributed by atoms with Gasteiger partial charge in [0.1, 0.15) is 42.1 Å². The number of nitrogens with zero attached hydrogens (tertiary/aromatic N) is 4. The van der Waals surface area contributed by atoms with Crippen LogP contribution in [0.1, 0.15) is 136 Å². The Balaban J connectivity index is 0.771. The number of rotatable bonds is 26. The first-order valence-electron chi connectivity index (χ1n) is 29.5. The summed E-state index contributed by atoms with van der Waals surface area (Å²) in [5.41, 5.74) is 1.31. The van der Waals surface area contributed by atoms with E-state index in [9.17, 15) is 24.6 Å². The highest BCUT2D eigenvalue weighted by Crippen LogP contribution is 2.49. The molecule has 2 amide bonds. The highest BCUT2D eigenvalue weighted by molar-refractivity contribution is 7.99. The van der Waals surface area contributed by atoms with E-state index in [1.165, 1.54) is 24.8 Å². The fourth-order valence-electron chi connectivity index (χ4n) is 14.8. The van der Waals surface area contributed by atoms with Crippen molar-refractivity contribution in [2.24, 2.45) is 40.0 Å². The van der Waals surface area contributed by atoms with Crippen molar-refractivity contribution < 1.29 is 62.6 Å². The predicted molar refractivity (Wildman–Crippen MR) is 291 cm³/mol. The molecule has 14 atom stereocenters. The first kappa shape index (κ1) is 58.2. The molecule has 9 aliphatic rings. The van der Waals surface area contributed by atoms with Crippen molar-refractivity contribution in [2.75, 3.05) is 85.1 Å². The number of hydrogen-bond donors (Lipinski definition) is 3. The molecule has 5 fully saturated rings. The van der Waals surface area contributed by atoms with Crippen molar-refractivity contribution in [3.8, 4) is 0 Å². The number of fused-ring (bicyclic) bond motifs is 6. The number of ether oxygens (including phenoxy) is 7. The van der Waals surface area contributed by atoms with Crippen molar-refractivity contribution in [3.05, 3.63) is 34.7 Å². The maximum absolute atomic E-state index is 14.5. The predicted octanol–water partition coefficient (Wildman–Crippen LogP) is 6.64. The molecule has 1 saturated carbocycles. The summed E-state index contributed by atoms with van der Waals surface area (Å²) < 4.78 is 42.7. The Morgan fingerprint density at radius 2 is 1.52 bits per heavy atom. The molecular weight excluding hydrogens is 1010 g/mol. The van der Waals surface area contributed by atoms with Crippen LogP contribution < -0.4 is 5.32 Å². The van der Waals surface area contributed by atoms with Gasteiger partial charge in [-0.3, -0.25) is 19.4 Å². The molecule has 0 bridgehead atoms. The van der Waals surface area contributed by atoms with E-state index < -0.39 is 18.4 Å². The molecule has 77 heavy (non-hydrogen) atoms. The van der Waals surface area contributed by atoms with E-state index in [2.05, 4.69) is 48.2 Å². The van der Waals surface area contributed by atoms with Crippen LogP contribution in [0.2, 0.25) is 0 Å². The molecule has 9 rings (SSSR count). The summed E-state index contributed by atoms with van der Waals surface area (Å²) in [4.78, 5) is 55.5. The van der Waals surface area contributed by atoms with Crippen molar-refractivity contribution >= 4 is 35.8 Å². The number of aliphatic hydroxyl groups excluding tert-OH is 2. The van der Waals surface area contributed by atoms with Crippen LogP contribution >= 0.6 is 11.8 Å². The Labute approximate surface area is 461 Å². The Kier molecular flexibility index (Phi) is 20.7. The van der Waals surface area contributed by atoms with Gasteiger partial charge >= 0.3 is 5.97 Å². The van der Waals surface area contributed by atoms with Gasteiger partial charge < -0.3 is 63.3 Å². The van der Waals surface area contributed by atoms with E-state index in [4.69, 9.17) is 43.0 Å². The zero-order valence-corrected chi connectivity index (χ0v) is 47.6. The monoisotopic (exact) mass is 1100 g/mol. The minimum absolute atomic E-state index is 0.000679. The van der Waals surface area contributed by atoms with Gasteiger partial charge in [0.15, 0.2) is 0 Å². The quantitative estimate of drug-likeness (QED) is 0.0615. The largest absolute Gasteiger partial charge is 0.498 e. The highest BCUT2D eigenvalue weighted by Gasteiger charge is 2.54. The average molecular weight is 1100 g/mol. The van der Waals surface area contributed by atoms with E-state index in [-0.39, 0.29) is 72.3 Å². The topological polar surface area (TPSA) is 200 Å². The maximum Gasteiger partial charge on any atom is 0.327 e. The summed E-state index contributed by atoms with van der Waals surface area (Å²) in [6, 6.07) is 0.711. The lowest BCUT2D eigenvalue weighted by atomic mass is 9.76. The number of aliphatic hydroxyl groups is 2. The van der Waals surface area contributed by atoms with Crippen LogP contribution in [0, 0.1) is 35.0 Å². The molecule has 0 spiro atoms. The Hall–Kier alpha value is -3.43. The second-order valence-electron chi connectivity index (χ2n) is 23.6. The second kappa shape index (κ2) is 27.4. The van der Waals surface area contributed by atoms with Gasteiger partial charge in [0.05, 0.1) is 90.8 Å². The van der Waals surface area contributed by atoms with Crippen molar-refractivity contribution in [2.45, 2.75) is 185 Å². The fourth-order valence-corrected chi connectivity index (χ4v) is 15.7. The van der Waals surface area contributed by atoms with Crippen LogP contribution in [0.25, 0.3) is 0 Å². The highest BCUT2D eigenvalue weighted by atomic mass is 32.2. The number of hydroxylamine groups is 2. The maximum atomic E-state index is 14.5. The molecule has 5 heterocycles. The van der Waals surface area contributed by atoms with E-state index >= 15 is 0 Å². The molecule has 18 nitrogen and oxygen atoms in total. The number of hydrogen-bond acceptors (Lipinski definition) is 17. The second-order valence-corrected chi connectivity index (χ2v) is 24.8. The van der Waals surface area contributed by atoms with E-state index in [1.807, 2.05) is 11.8 Å². The van der Waals surface area contributed by atoms with Crippen LogP contribution in [0.3, 0.4) is 0 Å². The van der Waals surface area contributed by atoms with Crippen molar-refractivity contribution in [1.82, 2.24) is 20.2 Å². The van der Waals surface area contributed by atoms with E-state index in [0.29, 0.717) is 109 Å². The van der Waals surface area contributed by atoms with Crippen LogP contribution in [-0.4, -0.2) is 183 Å². The van der Waals surface area contributed by atoms with Gasteiger partial charge in [-0.2, -0.15) is 11.8 Å². The number of amides is 2. The Morgan fingerprint density at radius 3 is 2.26 bits per heavy atom. The summed E-state index contributed by atoms with van der Waals surface area (Å²) in [7, 11) is 3.41. The van der Waals surface area contributed by atoms with Crippen molar-refractivity contribution in [1.29, 1.82) is 0 Å². The minimum Gasteiger partial charge on any atom is -0.498 e. The smallest absolute Gasteiger partial charge is 0.327 e. The lowest BCUT2D eigenvalue weighted by molar-refractivity contribution is -0.262. The average Bonchev–Trinajstić information content (AvgIpc) is 4.05. The first-order chi connectivity index (χ1) is 37.4. The van der Waals surface area contributed by atoms with Gasteiger partial charge in [-0.1, -0.05) is 51.2 Å². The molecule has 19 heteroatoms. The number of allylic oxidation sites excluding steroid dienone is 3. The molecule has 3 unspecified atom stereocenters. The molecule has 0 aromatic carbocycles. The summed E-state index contributed by atoms with van der Waals surface area (Å²) in [6.07, 6.45) is 17.2. The van der Waals surface area contributed by atoms with E-state index in [0.717, 1.165) is 97.5 Å². The Bertz CT molecular complexity index is 2130. The molecule has 0 aromatic rings. The number of methoxy groups -OCH3 is 2. The Morgan fingerprint density at radius 1 is 0.818 bits per heavy atom. The molecule has 4 aliphatic carbocycles. The third-order valence-electron chi connectivity index (χ3n) is 18.4. The summed E-state index contributed by atoms with van der Waals surface area (Å²) in [5, 5.41) is 24.4. The van der Waals surface area contributed by atoms with Crippen LogP contribution in [-0.2, 0) is 52.4 Å². The number of thioether (sulfide) groups is 1. The van der Waals surface area contributed by atoms with E-state index in [1.54, 1.807) is 14.2 Å². The molecule has 5 aliphatic heterocycles. The normalized spacial score (nSPS) is 35.2. The molecule has 3 N–H and O–H groups in total. The number of carbonyl (C=O) groups excluding carboxylic acids is 3. The van der Waals surface area contributed by atoms with Gasteiger partial charge in [0.2, 0.25) is 11.8 Å². The lowest BCUT2D eigenvalue weighted by Crippen LogP contribution is -2.48. The standard InChI is InChI=1S/C58H91N5O13S/c1-6-15-58(3)31-42-33-60-46-30-51(49(70-5)28-44(46)57(68)62(42)52(58)7-2)75-35-38-23-37(34-74-50-29-45-43(27-48(50)69-4)56(67)61-41(32-59-45)26-40-10-8-9-11-47(40)61)24-39(25-38)36-77-22-21-73-20-19-72-18-17-71-16-14-55(66)76-63-53(64)12-13-54(63)65/h25,33,37,39-47,52-54,59,64-65H,6-24,26-32,34-36H2,1-5H3/t37-,39-,40+,41-,42-,43-,44+,45+,46-,47?,52-,53-,54?,58?/m0/s1. The van der Waals surface area contributed by atoms with Gasteiger partial charge in [-0.25, -0.2) is 0 Å². The summed E-state index contributed by atoms with van der Waals surface area (Å²) >= 11 is 1.87. The van der Waals surface area contributed by atoms with Crippen LogP contribution in [0.5, 0.6) is 0 Å². The SMILES string of the molecule is CCCC1(C)C[C@H]2C=N[C@H]3CC(OCC4=C[C@@H](CSCCOCCOCCOCCC(=O)ON5C(O)CC[C@@H]5O)C[C@@H](COC5=C(OC)C[C@@H]6C(=O)N7C8CCCC[C@@H]8C[C@H]7CN[C@@H]6C5)C4)=C(OC)C[C@H]3C(=O)N2[C@H]1CC. The third-order valence-corrected chi connectivity index (χ3v) is 19.5. The first-order valence-corrected chi connectivity index (χ1v) is 30.6. The van der Waals surface area contributed by atoms with Crippen LogP contribution in [0.15, 0.2) is 39.7 Å². The third kappa shape index (κ3) is 13.8. The van der Waals surface area contributed by atoms with Crippen molar-refractivity contribution in [3.63, 3.8) is 0 Å². The molecular formula is C58H91N5O13S. The van der Waals surface area contributed by atoms with Gasteiger partial charge in [-0.05, 0) is 98.7 Å². The summed E-state index contributed by atoms with van der Waals surface area (Å²) in [6.45, 7) is 10.9. The summed E-state index contributed by atoms with van der Waals surface area (Å²) in [5.74, 6) is 5.63. The zero-order chi connectivity index (χ0) is 54.1. The zero-order valence-electron chi connectivity index (χ0n) is 46.7. The fraction of sp³-hybridized carbons (Fsp3) is 0.828.